The molecule has 0 spiro atoms. The Morgan fingerprint density at radius 3 is 2.47 bits per heavy atom. The SMILES string of the molecule is OCCN(CC(F)F)CC1(CS)CCOCC1. The van der Waals surface area contributed by atoms with Gasteiger partial charge in [-0.2, -0.15) is 12.6 Å². The van der Waals surface area contributed by atoms with Crippen molar-refractivity contribution in [3.05, 3.63) is 0 Å². The van der Waals surface area contributed by atoms with Crippen molar-refractivity contribution in [3.63, 3.8) is 0 Å². The molecule has 0 amide bonds. The summed E-state index contributed by atoms with van der Waals surface area (Å²) in [6.45, 7) is 1.82. The van der Waals surface area contributed by atoms with Gasteiger partial charge in [-0.15, -0.1) is 0 Å². The molecule has 0 saturated carbocycles. The van der Waals surface area contributed by atoms with Gasteiger partial charge in [0, 0.05) is 26.3 Å². The van der Waals surface area contributed by atoms with E-state index in [1.807, 2.05) is 0 Å². The maximum Gasteiger partial charge on any atom is 0.251 e. The molecule has 6 heteroatoms. The van der Waals surface area contributed by atoms with Gasteiger partial charge in [0.15, 0.2) is 0 Å². The minimum absolute atomic E-state index is 0.0502. The maximum absolute atomic E-state index is 12.4. The number of hydrogen-bond acceptors (Lipinski definition) is 4. The summed E-state index contributed by atoms with van der Waals surface area (Å²) >= 11 is 4.35. The third-order valence-corrected chi connectivity index (χ3v) is 3.93. The summed E-state index contributed by atoms with van der Waals surface area (Å²) in [4.78, 5) is 1.63. The topological polar surface area (TPSA) is 32.7 Å². The second-order valence-corrected chi connectivity index (χ2v) is 4.94. The second kappa shape index (κ2) is 7.51. The average Bonchev–Trinajstić information content (AvgIpc) is 2.29. The van der Waals surface area contributed by atoms with Crippen LogP contribution >= 0.6 is 12.6 Å². The molecule has 1 aliphatic rings. The molecule has 0 aromatic rings. The van der Waals surface area contributed by atoms with Crippen LogP contribution in [-0.2, 0) is 4.74 Å². The van der Waals surface area contributed by atoms with Crippen LogP contribution in [-0.4, -0.2) is 61.6 Å². The molecule has 1 heterocycles. The molecular weight excluding hydrogens is 248 g/mol. The first kappa shape index (κ1) is 15.1. The molecule has 0 aromatic heterocycles. The van der Waals surface area contributed by atoms with Crippen LogP contribution in [0.3, 0.4) is 0 Å². The standard InChI is InChI=1S/C11H21F2NO2S/c12-10(13)7-14(3-4-15)8-11(9-17)1-5-16-6-2-11/h10,15,17H,1-9H2. The van der Waals surface area contributed by atoms with Crippen LogP contribution in [0.4, 0.5) is 8.78 Å². The van der Waals surface area contributed by atoms with Crippen LogP contribution in [0, 0.1) is 5.41 Å². The Balaban J connectivity index is 2.55. The van der Waals surface area contributed by atoms with E-state index in [1.165, 1.54) is 0 Å². The first-order valence-electron chi connectivity index (χ1n) is 5.92. The third-order valence-electron chi connectivity index (χ3n) is 3.26. The van der Waals surface area contributed by atoms with Gasteiger partial charge in [-0.3, -0.25) is 4.90 Å². The van der Waals surface area contributed by atoms with Gasteiger partial charge in [0.25, 0.3) is 6.43 Å². The lowest BCUT2D eigenvalue weighted by Gasteiger charge is -2.40. The molecule has 0 unspecified atom stereocenters. The summed E-state index contributed by atoms with van der Waals surface area (Å²) in [5, 5.41) is 8.91. The molecule has 1 N–H and O–H groups in total. The molecule has 0 atom stereocenters. The molecule has 0 aromatic carbocycles. The highest BCUT2D eigenvalue weighted by Crippen LogP contribution is 2.32. The van der Waals surface area contributed by atoms with E-state index in [2.05, 4.69) is 12.6 Å². The van der Waals surface area contributed by atoms with Crippen LogP contribution in [0.2, 0.25) is 0 Å². The lowest BCUT2D eigenvalue weighted by atomic mass is 9.81. The Kier molecular flexibility index (Phi) is 6.69. The number of halogens is 2. The number of thiol groups is 1. The zero-order valence-electron chi connectivity index (χ0n) is 9.95. The van der Waals surface area contributed by atoms with Gasteiger partial charge in [-0.25, -0.2) is 8.78 Å². The van der Waals surface area contributed by atoms with Gasteiger partial charge in [0.05, 0.1) is 13.2 Å². The Morgan fingerprint density at radius 1 is 1.35 bits per heavy atom. The van der Waals surface area contributed by atoms with Crippen LogP contribution in [0.5, 0.6) is 0 Å². The van der Waals surface area contributed by atoms with E-state index in [-0.39, 0.29) is 18.6 Å². The van der Waals surface area contributed by atoms with Crippen molar-refractivity contribution in [2.24, 2.45) is 5.41 Å². The van der Waals surface area contributed by atoms with Crippen molar-refractivity contribution in [3.8, 4) is 0 Å². The van der Waals surface area contributed by atoms with E-state index < -0.39 is 6.43 Å². The van der Waals surface area contributed by atoms with E-state index >= 15 is 0 Å². The molecule has 17 heavy (non-hydrogen) atoms. The normalized spacial score (nSPS) is 20.1. The molecular formula is C11H21F2NO2S. The van der Waals surface area contributed by atoms with E-state index in [1.54, 1.807) is 4.90 Å². The smallest absolute Gasteiger partial charge is 0.251 e. The first-order valence-corrected chi connectivity index (χ1v) is 6.55. The van der Waals surface area contributed by atoms with Crippen molar-refractivity contribution < 1.29 is 18.6 Å². The molecule has 102 valence electrons. The Labute approximate surface area is 107 Å². The Morgan fingerprint density at radius 2 is 2.00 bits per heavy atom. The number of alkyl halides is 2. The molecule has 1 aliphatic heterocycles. The number of ether oxygens (including phenoxy) is 1. The van der Waals surface area contributed by atoms with Crippen molar-refractivity contribution >= 4 is 12.6 Å². The fourth-order valence-electron chi connectivity index (χ4n) is 2.22. The molecule has 3 nitrogen and oxygen atoms in total. The van der Waals surface area contributed by atoms with Gasteiger partial charge in [-0.05, 0) is 24.0 Å². The highest BCUT2D eigenvalue weighted by atomic mass is 32.1. The van der Waals surface area contributed by atoms with E-state index in [0.29, 0.717) is 32.1 Å². The van der Waals surface area contributed by atoms with Gasteiger partial charge < -0.3 is 9.84 Å². The monoisotopic (exact) mass is 269 g/mol. The number of hydrogen-bond donors (Lipinski definition) is 2. The third kappa shape index (κ3) is 5.07. The van der Waals surface area contributed by atoms with Crippen LogP contribution < -0.4 is 0 Å². The summed E-state index contributed by atoms with van der Waals surface area (Å²) in [7, 11) is 0. The fourth-order valence-corrected chi connectivity index (χ4v) is 2.63. The summed E-state index contributed by atoms with van der Waals surface area (Å²) in [6.07, 6.45) is -0.665. The number of rotatable bonds is 7. The van der Waals surface area contributed by atoms with Crippen molar-refractivity contribution in [2.75, 3.05) is 45.2 Å². The largest absolute Gasteiger partial charge is 0.395 e. The Bertz CT molecular complexity index is 214. The van der Waals surface area contributed by atoms with Crippen molar-refractivity contribution in [1.82, 2.24) is 4.90 Å². The highest BCUT2D eigenvalue weighted by molar-refractivity contribution is 7.80. The minimum Gasteiger partial charge on any atom is -0.395 e. The van der Waals surface area contributed by atoms with Gasteiger partial charge in [0.1, 0.15) is 0 Å². The van der Waals surface area contributed by atoms with Crippen molar-refractivity contribution in [2.45, 2.75) is 19.3 Å². The Hall–Kier alpha value is 0.0900. The van der Waals surface area contributed by atoms with E-state index in [9.17, 15) is 8.78 Å². The predicted molar refractivity (Wildman–Crippen MR) is 65.9 cm³/mol. The quantitative estimate of drug-likeness (QED) is 0.683. The molecule has 0 radical (unpaired) electrons. The maximum atomic E-state index is 12.4. The lowest BCUT2D eigenvalue weighted by Crippen LogP contribution is -2.45. The number of nitrogens with zero attached hydrogens (tertiary/aromatic N) is 1. The summed E-state index contributed by atoms with van der Waals surface area (Å²) in [6, 6.07) is 0. The zero-order chi connectivity index (χ0) is 12.7. The minimum atomic E-state index is -2.36. The highest BCUT2D eigenvalue weighted by Gasteiger charge is 2.33. The molecule has 0 aliphatic carbocycles. The molecule has 1 rings (SSSR count). The van der Waals surface area contributed by atoms with Crippen LogP contribution in [0.15, 0.2) is 0 Å². The van der Waals surface area contributed by atoms with Crippen LogP contribution in [0.25, 0.3) is 0 Å². The predicted octanol–water partition coefficient (Wildman–Crippen LogP) is 1.27. The van der Waals surface area contributed by atoms with Gasteiger partial charge >= 0.3 is 0 Å². The average molecular weight is 269 g/mol. The second-order valence-electron chi connectivity index (χ2n) is 4.62. The zero-order valence-corrected chi connectivity index (χ0v) is 10.8. The van der Waals surface area contributed by atoms with Crippen LogP contribution in [0.1, 0.15) is 12.8 Å². The summed E-state index contributed by atoms with van der Waals surface area (Å²) in [5.74, 6) is 0.668. The fraction of sp³-hybridized carbons (Fsp3) is 1.00. The number of aliphatic hydroxyl groups is 1. The van der Waals surface area contributed by atoms with E-state index in [4.69, 9.17) is 9.84 Å². The summed E-state index contributed by atoms with van der Waals surface area (Å²) < 4.78 is 30.1. The number of aliphatic hydroxyl groups excluding tert-OH is 1. The van der Waals surface area contributed by atoms with E-state index in [0.717, 1.165) is 12.8 Å². The summed E-state index contributed by atoms with van der Waals surface area (Å²) in [5.41, 5.74) is -0.0502. The lowest BCUT2D eigenvalue weighted by molar-refractivity contribution is -0.00662. The van der Waals surface area contributed by atoms with Gasteiger partial charge in [-0.1, -0.05) is 0 Å². The molecule has 0 bridgehead atoms. The molecule has 1 saturated heterocycles. The van der Waals surface area contributed by atoms with Gasteiger partial charge in [0.2, 0.25) is 0 Å². The molecule has 1 fully saturated rings. The first-order chi connectivity index (χ1) is 8.12. The van der Waals surface area contributed by atoms with Crippen molar-refractivity contribution in [1.29, 1.82) is 0 Å².